The van der Waals surface area contributed by atoms with E-state index >= 15 is 0 Å². The topological polar surface area (TPSA) is 95.9 Å². The van der Waals surface area contributed by atoms with Crippen LogP contribution in [0.15, 0.2) is 85.5 Å². The highest BCUT2D eigenvalue weighted by atomic mass is 16.5. The van der Waals surface area contributed by atoms with E-state index in [1.165, 1.54) is 0 Å². The molecular weight excluding hydrogens is 468 g/mol. The number of carboxylic acids is 1. The lowest BCUT2D eigenvalue weighted by atomic mass is 9.94. The first kappa shape index (κ1) is 27.2. The van der Waals surface area contributed by atoms with Crippen molar-refractivity contribution in [2.45, 2.75) is 19.8 Å². The van der Waals surface area contributed by atoms with Crippen LogP contribution in [0, 0.1) is 0 Å². The van der Waals surface area contributed by atoms with E-state index in [2.05, 4.69) is 11.9 Å². The number of carbonyl (C=O) groups is 3. The fourth-order valence-electron chi connectivity index (χ4n) is 3.98. The molecule has 192 valence electrons. The fraction of sp³-hybridized carbons (Fsp3) is 0.233. The molecule has 3 aromatic carbocycles. The van der Waals surface area contributed by atoms with E-state index in [1.807, 2.05) is 43.3 Å². The minimum absolute atomic E-state index is 0.0704. The number of nitrogens with zero attached hydrogens (tertiary/aromatic N) is 1. The minimum atomic E-state index is -0.976. The Morgan fingerprint density at radius 2 is 1.54 bits per heavy atom. The van der Waals surface area contributed by atoms with Gasteiger partial charge in [0.25, 0.3) is 11.8 Å². The molecule has 7 heteroatoms. The SMILES string of the molecule is C=CCNC(=O)c1ccccc1-c1ccccc1C(=O)N(CCC(=O)O)CCc1ccc(OCC)cc1. The molecule has 3 rings (SSSR count). The van der Waals surface area contributed by atoms with Gasteiger partial charge in [-0.15, -0.1) is 6.58 Å². The summed E-state index contributed by atoms with van der Waals surface area (Å²) in [6.07, 6.45) is 1.99. The Labute approximate surface area is 217 Å². The van der Waals surface area contributed by atoms with E-state index in [1.54, 1.807) is 47.4 Å². The number of benzene rings is 3. The standard InChI is InChI=1S/C30H32N2O5/c1-3-19-31-29(35)26-11-7-5-9-24(26)25-10-6-8-12-27(25)30(36)32(21-18-28(33)34)20-17-22-13-15-23(16-14-22)37-4-2/h3,5-16H,1,4,17-21H2,2H3,(H,31,35)(H,33,34). The molecule has 2 amide bonds. The van der Waals surface area contributed by atoms with Gasteiger partial charge < -0.3 is 20.1 Å². The Bertz CT molecular complexity index is 1240. The van der Waals surface area contributed by atoms with Crippen molar-refractivity contribution < 1.29 is 24.2 Å². The Morgan fingerprint density at radius 1 is 0.919 bits per heavy atom. The average molecular weight is 501 g/mol. The highest BCUT2D eigenvalue weighted by Gasteiger charge is 2.22. The number of amides is 2. The maximum absolute atomic E-state index is 13.8. The van der Waals surface area contributed by atoms with Crippen LogP contribution in [-0.4, -0.2) is 54.0 Å². The fourth-order valence-corrected chi connectivity index (χ4v) is 3.98. The predicted molar refractivity (Wildman–Crippen MR) is 144 cm³/mol. The highest BCUT2D eigenvalue weighted by Crippen LogP contribution is 2.28. The lowest BCUT2D eigenvalue weighted by molar-refractivity contribution is -0.137. The van der Waals surface area contributed by atoms with Crippen LogP contribution in [0.2, 0.25) is 0 Å². The van der Waals surface area contributed by atoms with Gasteiger partial charge in [0, 0.05) is 30.8 Å². The van der Waals surface area contributed by atoms with Crippen molar-refractivity contribution in [1.82, 2.24) is 10.2 Å². The Hall–Kier alpha value is -4.39. The summed E-state index contributed by atoms with van der Waals surface area (Å²) in [5, 5.41) is 12.1. The van der Waals surface area contributed by atoms with Gasteiger partial charge in [0.2, 0.25) is 0 Å². The molecular formula is C30H32N2O5. The second kappa shape index (κ2) is 13.6. The lowest BCUT2D eigenvalue weighted by Crippen LogP contribution is -2.35. The van der Waals surface area contributed by atoms with Gasteiger partial charge in [-0.3, -0.25) is 14.4 Å². The number of hydrogen-bond acceptors (Lipinski definition) is 4. The second-order valence-electron chi connectivity index (χ2n) is 8.35. The zero-order valence-electron chi connectivity index (χ0n) is 21.0. The molecule has 0 saturated carbocycles. The average Bonchev–Trinajstić information content (AvgIpc) is 2.92. The summed E-state index contributed by atoms with van der Waals surface area (Å²) in [6.45, 7) is 6.87. The van der Waals surface area contributed by atoms with Crippen LogP contribution in [0.3, 0.4) is 0 Å². The molecule has 0 aromatic heterocycles. The van der Waals surface area contributed by atoms with Crippen molar-refractivity contribution in [2.24, 2.45) is 0 Å². The predicted octanol–water partition coefficient (Wildman–Crippen LogP) is 4.83. The zero-order chi connectivity index (χ0) is 26.6. The molecule has 0 bridgehead atoms. The van der Waals surface area contributed by atoms with E-state index in [-0.39, 0.29) is 24.8 Å². The Balaban J connectivity index is 1.90. The largest absolute Gasteiger partial charge is 0.494 e. The first-order valence-corrected chi connectivity index (χ1v) is 12.2. The van der Waals surface area contributed by atoms with E-state index in [0.29, 0.717) is 48.4 Å². The summed E-state index contributed by atoms with van der Waals surface area (Å²) >= 11 is 0. The van der Waals surface area contributed by atoms with Crippen molar-refractivity contribution in [3.63, 3.8) is 0 Å². The summed E-state index contributed by atoms with van der Waals surface area (Å²) in [6, 6.07) is 21.8. The number of hydrogen-bond donors (Lipinski definition) is 2. The van der Waals surface area contributed by atoms with Gasteiger partial charge in [-0.1, -0.05) is 54.6 Å². The normalized spacial score (nSPS) is 10.4. The number of aliphatic carboxylic acids is 1. The molecule has 0 atom stereocenters. The Kier molecular flexibility index (Phi) is 10.0. The van der Waals surface area contributed by atoms with Crippen molar-refractivity contribution >= 4 is 17.8 Å². The molecule has 0 heterocycles. The second-order valence-corrected chi connectivity index (χ2v) is 8.35. The van der Waals surface area contributed by atoms with Gasteiger partial charge in [0.05, 0.1) is 13.0 Å². The quantitative estimate of drug-likeness (QED) is 0.328. The molecule has 0 aliphatic rings. The van der Waals surface area contributed by atoms with Crippen LogP contribution >= 0.6 is 0 Å². The monoisotopic (exact) mass is 500 g/mol. The van der Waals surface area contributed by atoms with Crippen LogP contribution in [0.5, 0.6) is 5.75 Å². The molecule has 0 aliphatic carbocycles. The van der Waals surface area contributed by atoms with E-state index in [4.69, 9.17) is 4.74 Å². The molecule has 7 nitrogen and oxygen atoms in total. The van der Waals surface area contributed by atoms with Crippen LogP contribution < -0.4 is 10.1 Å². The smallest absolute Gasteiger partial charge is 0.305 e. The summed E-state index contributed by atoms with van der Waals surface area (Å²) in [5.41, 5.74) is 3.09. The maximum Gasteiger partial charge on any atom is 0.305 e. The Morgan fingerprint density at radius 3 is 2.16 bits per heavy atom. The third-order valence-electron chi connectivity index (χ3n) is 5.81. The van der Waals surface area contributed by atoms with Crippen LogP contribution in [-0.2, 0) is 11.2 Å². The number of ether oxygens (including phenoxy) is 1. The molecule has 2 N–H and O–H groups in total. The summed E-state index contributed by atoms with van der Waals surface area (Å²) in [4.78, 5) is 39.4. The van der Waals surface area contributed by atoms with Crippen molar-refractivity contribution in [3.8, 4) is 16.9 Å². The van der Waals surface area contributed by atoms with Crippen LogP contribution in [0.25, 0.3) is 11.1 Å². The van der Waals surface area contributed by atoms with Gasteiger partial charge in [0.1, 0.15) is 5.75 Å². The molecule has 0 radical (unpaired) electrons. The van der Waals surface area contributed by atoms with Crippen molar-refractivity contribution in [3.05, 3.63) is 102 Å². The lowest BCUT2D eigenvalue weighted by Gasteiger charge is -2.24. The van der Waals surface area contributed by atoms with E-state index < -0.39 is 5.97 Å². The molecule has 0 saturated heterocycles. The summed E-state index contributed by atoms with van der Waals surface area (Å²) in [5.74, 6) is -0.758. The van der Waals surface area contributed by atoms with Gasteiger partial charge in [0.15, 0.2) is 0 Å². The first-order chi connectivity index (χ1) is 17.9. The molecule has 0 spiro atoms. The van der Waals surface area contributed by atoms with Crippen molar-refractivity contribution in [2.75, 3.05) is 26.2 Å². The van der Waals surface area contributed by atoms with Gasteiger partial charge >= 0.3 is 5.97 Å². The van der Waals surface area contributed by atoms with E-state index in [0.717, 1.165) is 11.3 Å². The molecule has 3 aromatic rings. The molecule has 0 fully saturated rings. The van der Waals surface area contributed by atoms with Crippen LogP contribution in [0.4, 0.5) is 0 Å². The first-order valence-electron chi connectivity index (χ1n) is 12.2. The summed E-state index contributed by atoms with van der Waals surface area (Å²) in [7, 11) is 0. The molecule has 37 heavy (non-hydrogen) atoms. The van der Waals surface area contributed by atoms with Crippen LogP contribution in [0.1, 0.15) is 39.6 Å². The maximum atomic E-state index is 13.8. The van der Waals surface area contributed by atoms with E-state index in [9.17, 15) is 19.5 Å². The minimum Gasteiger partial charge on any atom is -0.494 e. The highest BCUT2D eigenvalue weighted by molar-refractivity contribution is 6.06. The van der Waals surface area contributed by atoms with Gasteiger partial charge in [-0.2, -0.15) is 0 Å². The van der Waals surface area contributed by atoms with Gasteiger partial charge in [-0.25, -0.2) is 0 Å². The molecule has 0 aliphatic heterocycles. The zero-order valence-corrected chi connectivity index (χ0v) is 21.0. The third kappa shape index (κ3) is 7.54. The number of rotatable bonds is 13. The van der Waals surface area contributed by atoms with Gasteiger partial charge in [-0.05, 0) is 54.3 Å². The van der Waals surface area contributed by atoms with Crippen molar-refractivity contribution in [1.29, 1.82) is 0 Å². The summed E-state index contributed by atoms with van der Waals surface area (Å²) < 4.78 is 5.49. The number of carboxylic acid groups (broad SMARTS) is 1. The third-order valence-corrected chi connectivity index (χ3v) is 5.81. The number of nitrogens with one attached hydrogen (secondary N) is 1. The number of carbonyl (C=O) groups excluding carboxylic acids is 2. The molecule has 0 unspecified atom stereocenters.